The van der Waals surface area contributed by atoms with Gasteiger partial charge in [-0.2, -0.15) is 0 Å². The Bertz CT molecular complexity index is 566. The summed E-state index contributed by atoms with van der Waals surface area (Å²) in [5, 5.41) is 11.1. The van der Waals surface area contributed by atoms with Gasteiger partial charge in [-0.25, -0.2) is 4.39 Å². The Morgan fingerprint density at radius 2 is 1.84 bits per heavy atom. The third-order valence-corrected chi connectivity index (χ3v) is 3.24. The Kier molecular flexibility index (Phi) is 4.23. The predicted octanol–water partition coefficient (Wildman–Crippen LogP) is 4.02. The van der Waals surface area contributed by atoms with Crippen molar-refractivity contribution in [2.45, 2.75) is 25.4 Å². The molecule has 19 heavy (non-hydrogen) atoms. The lowest BCUT2D eigenvalue weighted by Crippen LogP contribution is -2.30. The second-order valence-electron chi connectivity index (χ2n) is 5.07. The lowest BCUT2D eigenvalue weighted by Gasteiger charge is -2.24. The highest BCUT2D eigenvalue weighted by molar-refractivity contribution is 6.30. The average molecular weight is 279 g/mol. The first-order valence-corrected chi connectivity index (χ1v) is 6.54. The smallest absolute Gasteiger partial charge is 0.126 e. The molecular weight excluding hydrogens is 263 g/mol. The Morgan fingerprint density at radius 1 is 1.11 bits per heavy atom. The van der Waals surface area contributed by atoms with Crippen LogP contribution in [0.3, 0.4) is 0 Å². The summed E-state index contributed by atoms with van der Waals surface area (Å²) in [6.45, 7) is 1.71. The summed E-state index contributed by atoms with van der Waals surface area (Å²) in [4.78, 5) is 0. The minimum atomic E-state index is -1.01. The van der Waals surface area contributed by atoms with Gasteiger partial charge in [0.1, 0.15) is 5.82 Å². The van der Waals surface area contributed by atoms with Gasteiger partial charge >= 0.3 is 0 Å². The van der Waals surface area contributed by atoms with E-state index in [1.165, 1.54) is 6.07 Å². The van der Waals surface area contributed by atoms with E-state index in [1.54, 1.807) is 31.2 Å². The maximum absolute atomic E-state index is 13.6. The van der Waals surface area contributed by atoms with Crippen molar-refractivity contribution in [3.63, 3.8) is 0 Å². The van der Waals surface area contributed by atoms with Crippen LogP contribution in [0.25, 0.3) is 0 Å². The van der Waals surface area contributed by atoms with Crippen LogP contribution in [-0.4, -0.2) is 10.7 Å². The van der Waals surface area contributed by atoms with Gasteiger partial charge < -0.3 is 5.11 Å². The average Bonchev–Trinajstić information content (AvgIpc) is 2.31. The highest BCUT2D eigenvalue weighted by Gasteiger charge is 2.23. The maximum Gasteiger partial charge on any atom is 0.126 e. The molecule has 0 aromatic heterocycles. The first-order chi connectivity index (χ1) is 8.96. The van der Waals surface area contributed by atoms with Crippen LogP contribution in [0.5, 0.6) is 0 Å². The third kappa shape index (κ3) is 4.05. The number of hydrogen-bond acceptors (Lipinski definition) is 1. The van der Waals surface area contributed by atoms with Crippen molar-refractivity contribution in [1.82, 2.24) is 0 Å². The number of halogens is 2. The summed E-state index contributed by atoms with van der Waals surface area (Å²) in [6, 6.07) is 13.9. The summed E-state index contributed by atoms with van der Waals surface area (Å²) >= 11 is 5.92. The zero-order chi connectivity index (χ0) is 13.9. The molecule has 1 nitrogen and oxygen atoms in total. The van der Waals surface area contributed by atoms with Crippen LogP contribution in [-0.2, 0) is 12.8 Å². The fraction of sp³-hybridized carbons (Fsp3) is 0.250. The molecular formula is C16H16ClFO. The molecule has 0 fully saturated rings. The fourth-order valence-electron chi connectivity index (χ4n) is 2.20. The monoisotopic (exact) mass is 278 g/mol. The van der Waals surface area contributed by atoms with E-state index < -0.39 is 5.60 Å². The standard InChI is InChI=1S/C16H16ClFO/c1-16(19,10-12-5-4-7-14(17)9-12)11-13-6-2-3-8-15(13)18/h2-9,19H,10-11H2,1H3. The summed E-state index contributed by atoms with van der Waals surface area (Å²) in [7, 11) is 0. The van der Waals surface area contributed by atoms with Gasteiger partial charge in [-0.3, -0.25) is 0 Å². The van der Waals surface area contributed by atoms with Crippen molar-refractivity contribution < 1.29 is 9.50 Å². The van der Waals surface area contributed by atoms with E-state index in [0.717, 1.165) is 5.56 Å². The molecule has 2 aromatic rings. The van der Waals surface area contributed by atoms with Gasteiger partial charge in [0.25, 0.3) is 0 Å². The minimum absolute atomic E-state index is 0.270. The molecule has 0 radical (unpaired) electrons. The Labute approximate surface area is 117 Å². The molecule has 0 saturated heterocycles. The molecule has 0 amide bonds. The van der Waals surface area contributed by atoms with Crippen LogP contribution >= 0.6 is 11.6 Å². The Morgan fingerprint density at radius 3 is 2.53 bits per heavy atom. The molecule has 0 spiro atoms. The van der Waals surface area contributed by atoms with Crippen molar-refractivity contribution in [1.29, 1.82) is 0 Å². The van der Waals surface area contributed by atoms with E-state index in [-0.39, 0.29) is 12.2 Å². The normalized spacial score (nSPS) is 14.1. The van der Waals surface area contributed by atoms with Crippen LogP contribution in [0.1, 0.15) is 18.1 Å². The van der Waals surface area contributed by atoms with E-state index >= 15 is 0 Å². The van der Waals surface area contributed by atoms with E-state index in [1.807, 2.05) is 18.2 Å². The molecule has 2 aromatic carbocycles. The minimum Gasteiger partial charge on any atom is -0.389 e. The van der Waals surface area contributed by atoms with Crippen LogP contribution in [0.15, 0.2) is 48.5 Å². The molecule has 3 heteroatoms. The second-order valence-corrected chi connectivity index (χ2v) is 5.51. The van der Waals surface area contributed by atoms with Gasteiger partial charge in [0.05, 0.1) is 5.60 Å². The molecule has 2 rings (SSSR count). The fourth-order valence-corrected chi connectivity index (χ4v) is 2.41. The molecule has 0 aliphatic rings. The van der Waals surface area contributed by atoms with Crippen LogP contribution in [0.4, 0.5) is 4.39 Å². The Hall–Kier alpha value is -1.38. The molecule has 0 saturated carbocycles. The maximum atomic E-state index is 13.6. The van der Waals surface area contributed by atoms with Crippen molar-refractivity contribution in [3.05, 3.63) is 70.5 Å². The summed E-state index contributed by atoms with van der Waals surface area (Å²) < 4.78 is 13.6. The summed E-state index contributed by atoms with van der Waals surface area (Å²) in [5.74, 6) is -0.283. The quantitative estimate of drug-likeness (QED) is 0.896. The van der Waals surface area contributed by atoms with E-state index in [0.29, 0.717) is 17.0 Å². The van der Waals surface area contributed by atoms with Gasteiger partial charge in [-0.05, 0) is 36.2 Å². The van der Waals surface area contributed by atoms with E-state index in [9.17, 15) is 9.50 Å². The number of rotatable bonds is 4. The van der Waals surface area contributed by atoms with Crippen LogP contribution in [0, 0.1) is 5.82 Å². The van der Waals surface area contributed by atoms with Crippen molar-refractivity contribution >= 4 is 11.6 Å². The first-order valence-electron chi connectivity index (χ1n) is 6.16. The number of hydrogen-bond donors (Lipinski definition) is 1. The summed E-state index contributed by atoms with van der Waals surface area (Å²) in [5.41, 5.74) is 0.454. The SMILES string of the molecule is CC(O)(Cc1cccc(Cl)c1)Cc1ccccc1F. The Balaban J connectivity index is 2.13. The van der Waals surface area contributed by atoms with Crippen molar-refractivity contribution in [2.75, 3.05) is 0 Å². The van der Waals surface area contributed by atoms with E-state index in [2.05, 4.69) is 0 Å². The summed E-state index contributed by atoms with van der Waals surface area (Å²) in [6.07, 6.45) is 0.702. The van der Waals surface area contributed by atoms with Gasteiger partial charge in [0.15, 0.2) is 0 Å². The number of benzene rings is 2. The van der Waals surface area contributed by atoms with Gasteiger partial charge in [-0.15, -0.1) is 0 Å². The largest absolute Gasteiger partial charge is 0.389 e. The molecule has 0 aliphatic carbocycles. The van der Waals surface area contributed by atoms with Crippen molar-refractivity contribution in [2.24, 2.45) is 0 Å². The highest BCUT2D eigenvalue weighted by Crippen LogP contribution is 2.22. The lowest BCUT2D eigenvalue weighted by molar-refractivity contribution is 0.0599. The predicted molar refractivity (Wildman–Crippen MR) is 75.9 cm³/mol. The molecule has 1 atom stereocenters. The third-order valence-electron chi connectivity index (χ3n) is 3.00. The van der Waals surface area contributed by atoms with E-state index in [4.69, 9.17) is 11.6 Å². The second kappa shape index (κ2) is 5.72. The topological polar surface area (TPSA) is 20.2 Å². The molecule has 1 unspecified atom stereocenters. The van der Waals surface area contributed by atoms with Crippen LogP contribution < -0.4 is 0 Å². The van der Waals surface area contributed by atoms with Crippen molar-refractivity contribution in [3.8, 4) is 0 Å². The molecule has 0 bridgehead atoms. The van der Waals surface area contributed by atoms with Gasteiger partial charge in [0.2, 0.25) is 0 Å². The van der Waals surface area contributed by atoms with Gasteiger partial charge in [0, 0.05) is 17.9 Å². The zero-order valence-electron chi connectivity index (χ0n) is 10.7. The highest BCUT2D eigenvalue weighted by atomic mass is 35.5. The number of aliphatic hydroxyl groups is 1. The molecule has 100 valence electrons. The first kappa shape index (κ1) is 14.0. The lowest BCUT2D eigenvalue weighted by atomic mass is 9.89. The molecule has 1 N–H and O–H groups in total. The molecule has 0 heterocycles. The van der Waals surface area contributed by atoms with Gasteiger partial charge in [-0.1, -0.05) is 41.9 Å². The van der Waals surface area contributed by atoms with Crippen LogP contribution in [0.2, 0.25) is 5.02 Å². The zero-order valence-corrected chi connectivity index (χ0v) is 11.5. The molecule has 0 aliphatic heterocycles.